The standard InChI is InChI=1S/C10H20N2.2ClH/c1-9(10-4-5-11-8-10)12-6-2-3-7-12;;/h9-11H,2-8H2,1H3;2*1H. The molecular formula is C10H22Cl2N2. The summed E-state index contributed by atoms with van der Waals surface area (Å²) in [5.74, 6) is 0.920. The van der Waals surface area contributed by atoms with Crippen LogP contribution in [-0.4, -0.2) is 37.1 Å². The summed E-state index contributed by atoms with van der Waals surface area (Å²) in [5, 5.41) is 3.45. The van der Waals surface area contributed by atoms with Gasteiger partial charge in [0.25, 0.3) is 0 Å². The molecule has 14 heavy (non-hydrogen) atoms. The van der Waals surface area contributed by atoms with Crippen LogP contribution in [0.1, 0.15) is 26.2 Å². The van der Waals surface area contributed by atoms with E-state index in [1.165, 1.54) is 45.4 Å². The lowest BCUT2D eigenvalue weighted by Gasteiger charge is -2.28. The molecule has 0 amide bonds. The smallest absolute Gasteiger partial charge is 0.0108 e. The Hall–Kier alpha value is 0.500. The van der Waals surface area contributed by atoms with Gasteiger partial charge in [-0.1, -0.05) is 0 Å². The van der Waals surface area contributed by atoms with Gasteiger partial charge in [-0.05, 0) is 58.3 Å². The molecule has 2 saturated heterocycles. The molecule has 2 aliphatic heterocycles. The van der Waals surface area contributed by atoms with Crippen LogP contribution in [0, 0.1) is 5.92 Å². The molecule has 0 radical (unpaired) electrons. The molecule has 0 aromatic carbocycles. The van der Waals surface area contributed by atoms with E-state index in [-0.39, 0.29) is 24.8 Å². The number of halogens is 2. The van der Waals surface area contributed by atoms with Gasteiger partial charge in [-0.15, -0.1) is 24.8 Å². The van der Waals surface area contributed by atoms with Gasteiger partial charge in [0, 0.05) is 6.04 Å². The van der Waals surface area contributed by atoms with Crippen molar-refractivity contribution in [1.82, 2.24) is 10.2 Å². The van der Waals surface area contributed by atoms with Crippen molar-refractivity contribution in [3.8, 4) is 0 Å². The molecule has 0 aromatic rings. The van der Waals surface area contributed by atoms with Crippen molar-refractivity contribution in [1.29, 1.82) is 0 Å². The summed E-state index contributed by atoms with van der Waals surface area (Å²) in [5.41, 5.74) is 0. The van der Waals surface area contributed by atoms with Crippen molar-refractivity contribution in [2.45, 2.75) is 32.2 Å². The fourth-order valence-corrected chi connectivity index (χ4v) is 2.54. The Morgan fingerprint density at radius 3 is 2.36 bits per heavy atom. The summed E-state index contributed by atoms with van der Waals surface area (Å²) in [6.45, 7) is 7.58. The molecule has 0 bridgehead atoms. The van der Waals surface area contributed by atoms with Gasteiger partial charge in [-0.25, -0.2) is 0 Å². The van der Waals surface area contributed by atoms with Gasteiger partial charge in [0.05, 0.1) is 0 Å². The van der Waals surface area contributed by atoms with Crippen molar-refractivity contribution in [2.24, 2.45) is 5.92 Å². The van der Waals surface area contributed by atoms with E-state index in [0.29, 0.717) is 0 Å². The van der Waals surface area contributed by atoms with Gasteiger partial charge >= 0.3 is 0 Å². The monoisotopic (exact) mass is 240 g/mol. The highest BCUT2D eigenvalue weighted by Crippen LogP contribution is 2.21. The Kier molecular flexibility index (Phi) is 7.13. The second-order valence-corrected chi connectivity index (χ2v) is 4.24. The number of nitrogens with zero attached hydrogens (tertiary/aromatic N) is 1. The normalized spacial score (nSPS) is 29.4. The van der Waals surface area contributed by atoms with E-state index in [9.17, 15) is 0 Å². The van der Waals surface area contributed by atoms with Gasteiger partial charge < -0.3 is 10.2 Å². The highest BCUT2D eigenvalue weighted by molar-refractivity contribution is 5.85. The average molecular weight is 241 g/mol. The molecule has 4 heteroatoms. The fourth-order valence-electron chi connectivity index (χ4n) is 2.54. The Labute approximate surface area is 99.6 Å². The molecule has 0 saturated carbocycles. The Morgan fingerprint density at radius 2 is 1.86 bits per heavy atom. The molecule has 2 atom stereocenters. The summed E-state index contributed by atoms with van der Waals surface area (Å²) in [7, 11) is 0. The average Bonchev–Trinajstić information content (AvgIpc) is 2.77. The molecule has 2 heterocycles. The lowest BCUT2D eigenvalue weighted by Crippen LogP contribution is -2.37. The van der Waals surface area contributed by atoms with Crippen molar-refractivity contribution in [3.63, 3.8) is 0 Å². The summed E-state index contributed by atoms with van der Waals surface area (Å²) < 4.78 is 0. The fraction of sp³-hybridized carbons (Fsp3) is 1.00. The van der Waals surface area contributed by atoms with Crippen LogP contribution in [0.2, 0.25) is 0 Å². The minimum Gasteiger partial charge on any atom is -0.316 e. The van der Waals surface area contributed by atoms with Crippen LogP contribution in [0.25, 0.3) is 0 Å². The molecule has 2 rings (SSSR count). The zero-order chi connectivity index (χ0) is 8.39. The highest BCUT2D eigenvalue weighted by atomic mass is 35.5. The van der Waals surface area contributed by atoms with E-state index >= 15 is 0 Å². The first-order valence-electron chi connectivity index (χ1n) is 5.32. The second kappa shape index (κ2) is 6.89. The number of rotatable bonds is 2. The van der Waals surface area contributed by atoms with E-state index in [0.717, 1.165) is 12.0 Å². The number of nitrogens with one attached hydrogen (secondary N) is 1. The largest absolute Gasteiger partial charge is 0.316 e. The van der Waals surface area contributed by atoms with Gasteiger partial charge in [-0.2, -0.15) is 0 Å². The van der Waals surface area contributed by atoms with Gasteiger partial charge in [0.15, 0.2) is 0 Å². The Balaban J connectivity index is 0.000000845. The molecule has 0 aromatic heterocycles. The SMILES string of the molecule is CC(C1CCNC1)N1CCCC1.Cl.Cl. The quantitative estimate of drug-likeness (QED) is 0.794. The lowest BCUT2D eigenvalue weighted by molar-refractivity contribution is 0.198. The third kappa shape index (κ3) is 3.27. The van der Waals surface area contributed by atoms with Gasteiger partial charge in [0.2, 0.25) is 0 Å². The van der Waals surface area contributed by atoms with Crippen LogP contribution in [-0.2, 0) is 0 Å². The van der Waals surface area contributed by atoms with Gasteiger partial charge in [-0.3, -0.25) is 0 Å². The van der Waals surface area contributed by atoms with E-state index < -0.39 is 0 Å². The van der Waals surface area contributed by atoms with Crippen molar-refractivity contribution >= 4 is 24.8 Å². The zero-order valence-corrected chi connectivity index (χ0v) is 10.5. The van der Waals surface area contributed by atoms with E-state index in [1.54, 1.807) is 0 Å². The van der Waals surface area contributed by atoms with Crippen molar-refractivity contribution in [3.05, 3.63) is 0 Å². The van der Waals surface area contributed by atoms with E-state index in [1.807, 2.05) is 0 Å². The molecule has 0 spiro atoms. The number of likely N-dealkylation sites (tertiary alicyclic amines) is 1. The minimum absolute atomic E-state index is 0. The third-order valence-corrected chi connectivity index (χ3v) is 3.50. The first-order chi connectivity index (χ1) is 5.88. The van der Waals surface area contributed by atoms with E-state index in [4.69, 9.17) is 0 Å². The summed E-state index contributed by atoms with van der Waals surface area (Å²) in [6, 6.07) is 0.822. The Morgan fingerprint density at radius 1 is 1.21 bits per heavy atom. The van der Waals surface area contributed by atoms with E-state index in [2.05, 4.69) is 17.1 Å². The molecule has 0 aliphatic carbocycles. The maximum atomic E-state index is 3.45. The minimum atomic E-state index is 0. The molecule has 2 nitrogen and oxygen atoms in total. The molecule has 2 unspecified atom stereocenters. The first kappa shape index (κ1) is 14.5. The third-order valence-electron chi connectivity index (χ3n) is 3.50. The molecular weight excluding hydrogens is 219 g/mol. The number of hydrogen-bond donors (Lipinski definition) is 1. The lowest BCUT2D eigenvalue weighted by atomic mass is 9.99. The Bertz CT molecular complexity index is 127. The molecule has 1 N–H and O–H groups in total. The first-order valence-corrected chi connectivity index (χ1v) is 5.32. The van der Waals surface area contributed by atoms with Crippen LogP contribution >= 0.6 is 24.8 Å². The predicted molar refractivity (Wildman–Crippen MR) is 65.7 cm³/mol. The predicted octanol–water partition coefficient (Wildman–Crippen LogP) is 1.92. The maximum absolute atomic E-state index is 3.45. The highest BCUT2D eigenvalue weighted by Gasteiger charge is 2.27. The van der Waals surface area contributed by atoms with Crippen LogP contribution in [0.4, 0.5) is 0 Å². The van der Waals surface area contributed by atoms with Gasteiger partial charge in [0.1, 0.15) is 0 Å². The summed E-state index contributed by atoms with van der Waals surface area (Å²) >= 11 is 0. The maximum Gasteiger partial charge on any atom is 0.0108 e. The summed E-state index contributed by atoms with van der Waals surface area (Å²) in [4.78, 5) is 2.66. The van der Waals surface area contributed by atoms with Crippen LogP contribution in [0.15, 0.2) is 0 Å². The zero-order valence-electron chi connectivity index (χ0n) is 8.87. The van der Waals surface area contributed by atoms with Crippen LogP contribution in [0.3, 0.4) is 0 Å². The molecule has 2 aliphatic rings. The van der Waals surface area contributed by atoms with Crippen LogP contribution < -0.4 is 5.32 Å². The summed E-state index contributed by atoms with van der Waals surface area (Å²) in [6.07, 6.45) is 4.23. The molecule has 86 valence electrons. The van der Waals surface area contributed by atoms with Crippen molar-refractivity contribution < 1.29 is 0 Å². The molecule has 2 fully saturated rings. The number of hydrogen-bond acceptors (Lipinski definition) is 2. The van der Waals surface area contributed by atoms with Crippen molar-refractivity contribution in [2.75, 3.05) is 26.2 Å². The van der Waals surface area contributed by atoms with Crippen LogP contribution in [0.5, 0.6) is 0 Å². The second-order valence-electron chi connectivity index (χ2n) is 4.24. The topological polar surface area (TPSA) is 15.3 Å².